The van der Waals surface area contributed by atoms with Gasteiger partial charge >= 0.3 is 0 Å². The summed E-state index contributed by atoms with van der Waals surface area (Å²) < 4.78 is 0. The smallest absolute Gasteiger partial charge is 0.237 e. The first-order valence-corrected chi connectivity index (χ1v) is 6.23. The molecule has 0 bridgehead atoms. The van der Waals surface area contributed by atoms with Crippen LogP contribution in [0.1, 0.15) is 48.0 Å². The highest BCUT2D eigenvalue weighted by Crippen LogP contribution is 2.24. The lowest BCUT2D eigenvalue weighted by molar-refractivity contribution is -0.123. The fraction of sp³-hybridized carbons (Fsp3) is 0.923. The van der Waals surface area contributed by atoms with E-state index in [-0.39, 0.29) is 23.3 Å². The molecule has 0 radical (unpaired) electrons. The molecule has 0 spiro atoms. The summed E-state index contributed by atoms with van der Waals surface area (Å²) in [4.78, 5) is 11.7. The van der Waals surface area contributed by atoms with Gasteiger partial charge in [-0.15, -0.1) is 0 Å². The summed E-state index contributed by atoms with van der Waals surface area (Å²) in [5.74, 6) is 0.663. The molecule has 2 unspecified atom stereocenters. The van der Waals surface area contributed by atoms with Crippen molar-refractivity contribution in [3.05, 3.63) is 0 Å². The van der Waals surface area contributed by atoms with Gasteiger partial charge in [0, 0.05) is 6.54 Å². The average molecular weight is 228 g/mol. The van der Waals surface area contributed by atoms with Crippen molar-refractivity contribution in [2.24, 2.45) is 23.0 Å². The van der Waals surface area contributed by atoms with Crippen LogP contribution >= 0.6 is 0 Å². The van der Waals surface area contributed by atoms with Gasteiger partial charge in [0.2, 0.25) is 5.91 Å². The summed E-state index contributed by atoms with van der Waals surface area (Å²) in [5.41, 5.74) is 6.07. The monoisotopic (exact) mass is 228 g/mol. The number of nitrogens with one attached hydrogen (secondary N) is 1. The van der Waals surface area contributed by atoms with Gasteiger partial charge in [0.1, 0.15) is 0 Å². The SMILES string of the molecule is CCC(C)[C@H](N)C(=O)NCC(C)C(C)(C)C. The molecule has 0 rings (SSSR count). The van der Waals surface area contributed by atoms with Crippen LogP contribution in [0.3, 0.4) is 0 Å². The number of hydrogen-bond acceptors (Lipinski definition) is 2. The third-order valence-corrected chi connectivity index (χ3v) is 3.62. The topological polar surface area (TPSA) is 55.1 Å². The minimum absolute atomic E-state index is 0.0227. The highest BCUT2D eigenvalue weighted by Gasteiger charge is 2.23. The molecule has 16 heavy (non-hydrogen) atoms. The van der Waals surface area contributed by atoms with E-state index in [1.807, 2.05) is 6.92 Å². The molecule has 0 aliphatic heterocycles. The van der Waals surface area contributed by atoms with Crippen LogP contribution in [0, 0.1) is 17.3 Å². The summed E-state index contributed by atoms with van der Waals surface area (Å²) in [7, 11) is 0. The zero-order chi connectivity index (χ0) is 12.9. The number of carbonyl (C=O) groups excluding carboxylic acids is 1. The lowest BCUT2D eigenvalue weighted by Crippen LogP contribution is -2.46. The second kappa shape index (κ2) is 6.24. The van der Waals surface area contributed by atoms with Crippen LogP contribution in [-0.4, -0.2) is 18.5 Å². The zero-order valence-corrected chi connectivity index (χ0v) is 11.6. The lowest BCUT2D eigenvalue weighted by Gasteiger charge is -2.28. The van der Waals surface area contributed by atoms with Crippen molar-refractivity contribution >= 4 is 5.91 Å². The predicted octanol–water partition coefficient (Wildman–Crippen LogP) is 2.16. The van der Waals surface area contributed by atoms with E-state index in [0.29, 0.717) is 12.5 Å². The number of amides is 1. The van der Waals surface area contributed by atoms with E-state index in [1.54, 1.807) is 0 Å². The van der Waals surface area contributed by atoms with Gasteiger partial charge in [-0.05, 0) is 17.3 Å². The van der Waals surface area contributed by atoms with E-state index in [4.69, 9.17) is 5.73 Å². The minimum atomic E-state index is -0.378. The van der Waals surface area contributed by atoms with Crippen molar-refractivity contribution in [2.45, 2.75) is 54.0 Å². The minimum Gasteiger partial charge on any atom is -0.354 e. The van der Waals surface area contributed by atoms with Crippen LogP contribution in [-0.2, 0) is 4.79 Å². The second-order valence-corrected chi connectivity index (χ2v) is 5.92. The Balaban J connectivity index is 4.08. The van der Waals surface area contributed by atoms with E-state index in [0.717, 1.165) is 6.42 Å². The Hall–Kier alpha value is -0.570. The van der Waals surface area contributed by atoms with Crippen molar-refractivity contribution in [3.63, 3.8) is 0 Å². The van der Waals surface area contributed by atoms with Gasteiger partial charge < -0.3 is 11.1 Å². The van der Waals surface area contributed by atoms with Gasteiger partial charge in [-0.1, -0.05) is 48.0 Å². The van der Waals surface area contributed by atoms with Crippen molar-refractivity contribution in [3.8, 4) is 0 Å². The molecular weight excluding hydrogens is 200 g/mol. The average Bonchev–Trinajstić information content (AvgIpc) is 2.21. The van der Waals surface area contributed by atoms with Crippen LogP contribution in [0.2, 0.25) is 0 Å². The Morgan fingerprint density at radius 2 is 1.81 bits per heavy atom. The van der Waals surface area contributed by atoms with Crippen molar-refractivity contribution in [1.82, 2.24) is 5.32 Å². The zero-order valence-electron chi connectivity index (χ0n) is 11.6. The van der Waals surface area contributed by atoms with Gasteiger partial charge in [0.25, 0.3) is 0 Å². The highest BCUT2D eigenvalue weighted by molar-refractivity contribution is 5.81. The van der Waals surface area contributed by atoms with Gasteiger partial charge in [0.15, 0.2) is 0 Å². The van der Waals surface area contributed by atoms with E-state index >= 15 is 0 Å². The largest absolute Gasteiger partial charge is 0.354 e. The van der Waals surface area contributed by atoms with Gasteiger partial charge in [-0.3, -0.25) is 4.79 Å². The number of carbonyl (C=O) groups is 1. The predicted molar refractivity (Wildman–Crippen MR) is 69.1 cm³/mol. The Morgan fingerprint density at radius 1 is 1.31 bits per heavy atom. The number of hydrogen-bond donors (Lipinski definition) is 2. The number of rotatable bonds is 5. The molecule has 0 aromatic heterocycles. The summed E-state index contributed by atoms with van der Waals surface area (Å²) >= 11 is 0. The molecule has 3 nitrogen and oxygen atoms in total. The first kappa shape index (κ1) is 15.4. The third-order valence-electron chi connectivity index (χ3n) is 3.62. The van der Waals surface area contributed by atoms with Crippen molar-refractivity contribution in [1.29, 1.82) is 0 Å². The van der Waals surface area contributed by atoms with Crippen LogP contribution in [0.15, 0.2) is 0 Å². The molecule has 1 amide bonds. The first-order chi connectivity index (χ1) is 7.20. The molecule has 0 aliphatic rings. The van der Waals surface area contributed by atoms with Crippen LogP contribution < -0.4 is 11.1 Å². The second-order valence-electron chi connectivity index (χ2n) is 5.92. The maximum Gasteiger partial charge on any atom is 0.237 e. The highest BCUT2D eigenvalue weighted by atomic mass is 16.2. The Kier molecular flexibility index (Phi) is 6.01. The Labute approximate surface area is 100 Å². The quantitative estimate of drug-likeness (QED) is 0.757. The summed E-state index contributed by atoms with van der Waals surface area (Å²) in [5, 5.41) is 2.94. The third kappa shape index (κ3) is 4.97. The van der Waals surface area contributed by atoms with E-state index in [9.17, 15) is 4.79 Å². The Bertz CT molecular complexity index is 220. The molecule has 3 N–H and O–H groups in total. The van der Waals surface area contributed by atoms with Crippen molar-refractivity contribution in [2.75, 3.05) is 6.54 Å². The molecule has 0 aromatic rings. The molecule has 0 heterocycles. The molecule has 0 fully saturated rings. The normalized spacial score (nSPS) is 17.7. The molecule has 0 saturated carbocycles. The summed E-state index contributed by atoms with van der Waals surface area (Å²) in [6.45, 7) is 13.4. The van der Waals surface area contributed by atoms with E-state index in [1.165, 1.54) is 0 Å². The molecule has 0 saturated heterocycles. The molecule has 96 valence electrons. The van der Waals surface area contributed by atoms with Crippen LogP contribution in [0.5, 0.6) is 0 Å². The standard InChI is InChI=1S/C13H28N2O/c1-7-9(2)11(14)12(16)15-8-10(3)13(4,5)6/h9-11H,7-8,14H2,1-6H3,(H,15,16)/t9?,10?,11-/m0/s1. The van der Waals surface area contributed by atoms with Gasteiger partial charge in [-0.25, -0.2) is 0 Å². The molecular formula is C13H28N2O. The molecule has 0 aliphatic carbocycles. The van der Waals surface area contributed by atoms with Crippen molar-refractivity contribution < 1.29 is 4.79 Å². The molecule has 3 atom stereocenters. The fourth-order valence-corrected chi connectivity index (χ4v) is 1.19. The van der Waals surface area contributed by atoms with Gasteiger partial charge in [0.05, 0.1) is 6.04 Å². The number of nitrogens with two attached hydrogens (primary N) is 1. The summed E-state index contributed by atoms with van der Waals surface area (Å²) in [6.07, 6.45) is 0.934. The maximum atomic E-state index is 11.7. The maximum absolute atomic E-state index is 11.7. The lowest BCUT2D eigenvalue weighted by atomic mass is 9.82. The summed E-state index contributed by atoms with van der Waals surface area (Å²) in [6, 6.07) is -0.378. The fourth-order valence-electron chi connectivity index (χ4n) is 1.19. The van der Waals surface area contributed by atoms with E-state index < -0.39 is 0 Å². The van der Waals surface area contributed by atoms with Crippen LogP contribution in [0.4, 0.5) is 0 Å². The van der Waals surface area contributed by atoms with E-state index in [2.05, 4.69) is 39.9 Å². The Morgan fingerprint density at radius 3 is 2.19 bits per heavy atom. The molecule has 3 heteroatoms. The van der Waals surface area contributed by atoms with Gasteiger partial charge in [-0.2, -0.15) is 0 Å². The first-order valence-electron chi connectivity index (χ1n) is 6.23. The van der Waals surface area contributed by atoms with Crippen LogP contribution in [0.25, 0.3) is 0 Å². The molecule has 0 aromatic carbocycles.